The number of carbonyl (C=O) groups excluding carboxylic acids is 17. The number of aromatic amines is 3. The Morgan fingerprint density at radius 2 is 1.09 bits per heavy atom. The minimum absolute atomic E-state index is 0.000581. The number of nitrogens with zero attached hydrogens (tertiary/aromatic N) is 6. The van der Waals surface area contributed by atoms with E-state index in [0.29, 0.717) is 69.9 Å². The molecule has 0 saturated carbocycles. The van der Waals surface area contributed by atoms with Gasteiger partial charge in [-0.15, -0.1) is 11.8 Å². The summed E-state index contributed by atoms with van der Waals surface area (Å²) >= 11 is 0.800. The Morgan fingerprint density at radius 1 is 0.551 bits per heavy atom. The molecule has 5 heterocycles. The highest BCUT2D eigenvalue weighted by molar-refractivity contribution is 8.00. The van der Waals surface area contributed by atoms with Crippen molar-refractivity contribution in [3.63, 3.8) is 0 Å². The molecular formula is C93H134N24O18S. The molecule has 43 heteroatoms. The number of para-hydroxylation sites is 2. The highest BCUT2D eigenvalue weighted by Gasteiger charge is 2.44. The molecule has 13 atom stereocenters. The second-order valence-corrected chi connectivity index (χ2v) is 37.1. The number of hydrogen-bond acceptors (Lipinski definition) is 21. The Balaban J connectivity index is 1.19. The molecule has 17 amide bonds. The van der Waals surface area contributed by atoms with Gasteiger partial charge in [0.2, 0.25) is 100 Å². The number of aromatic nitrogens is 4. The Bertz CT molecular complexity index is 5210. The van der Waals surface area contributed by atoms with E-state index in [4.69, 9.17) is 22.6 Å². The van der Waals surface area contributed by atoms with Crippen LogP contribution in [0.2, 0.25) is 0 Å². The van der Waals surface area contributed by atoms with Crippen molar-refractivity contribution in [3.05, 3.63) is 126 Å². The zero-order valence-corrected chi connectivity index (χ0v) is 80.1. The second-order valence-electron chi connectivity index (χ2n) is 36.1. The van der Waals surface area contributed by atoms with E-state index >= 15 is 33.6 Å². The van der Waals surface area contributed by atoms with Crippen LogP contribution in [0.1, 0.15) is 160 Å². The van der Waals surface area contributed by atoms with Gasteiger partial charge in [0.15, 0.2) is 5.96 Å². The number of nitrogens with one attached hydrogen (secondary N) is 15. The monoisotopic (exact) mass is 1910 g/mol. The summed E-state index contributed by atoms with van der Waals surface area (Å²) < 4.78 is 0. The molecule has 3 aromatic heterocycles. The SMILES string of the molecule is CCCC[C@H]1C(=O)N(C)[C@@H](CCCC)C(=O)N[C@@H](CCCNC(=N)N)C(=O)N[C@H](C(=O)NCC(N)=O)CSCC(=O)N[C@@H](Cc2ccc(C(C)(C)C)cc2)C(=O)N(C)[C@@H](C)C(=O)N[C@@H](CC(N)=O)C(=O)N2CCC[C@H]2C(=O)N[C@@H](Cc2cnc[nH]2)C(=O)N[C@@H](CC(C)C)C(=O)N(C)CC(=O)N[C@@H](Cc2c[nH]c3ccccc23)C(=O)N[C@@H](CO)C(=O)N[C@@H](Cc2c[nH]c3ccccc23)C(=O)N1C. The van der Waals surface area contributed by atoms with E-state index in [2.05, 4.69) is 78.4 Å². The lowest BCUT2D eigenvalue weighted by atomic mass is 9.86. The van der Waals surface area contributed by atoms with Gasteiger partial charge in [0.25, 0.3) is 0 Å². The Kier molecular flexibility index (Phi) is 40.7. The van der Waals surface area contributed by atoms with Gasteiger partial charge in [0.05, 0.1) is 38.2 Å². The third-order valence-electron chi connectivity index (χ3n) is 24.1. The molecular weight excluding hydrogens is 1770 g/mol. The summed E-state index contributed by atoms with van der Waals surface area (Å²) in [5, 5.41) is 49.6. The summed E-state index contributed by atoms with van der Waals surface area (Å²) in [6.45, 7) is 11.9. The molecule has 0 spiro atoms. The second kappa shape index (κ2) is 51.3. The zero-order chi connectivity index (χ0) is 99.9. The van der Waals surface area contributed by atoms with Crippen molar-refractivity contribution in [1.82, 2.24) is 103 Å². The fraction of sp³-hybridized carbons (Fsp3) is 0.538. The first-order chi connectivity index (χ1) is 64.5. The molecule has 0 radical (unpaired) electrons. The maximum Gasteiger partial charge on any atom is 0.246 e. The van der Waals surface area contributed by atoms with Gasteiger partial charge in [-0.2, -0.15) is 0 Å². The van der Waals surface area contributed by atoms with Crippen LogP contribution in [-0.2, 0) is 113 Å². The van der Waals surface area contributed by atoms with E-state index in [9.17, 15) is 53.1 Å². The maximum absolute atomic E-state index is 15.7. The average molecular weight is 1910 g/mol. The van der Waals surface area contributed by atoms with Gasteiger partial charge >= 0.3 is 0 Å². The number of guanidine groups is 1. The summed E-state index contributed by atoms with van der Waals surface area (Å²) in [6, 6.07) is 1.62. The summed E-state index contributed by atoms with van der Waals surface area (Å²) in [7, 11) is 5.27. The molecule has 42 nitrogen and oxygen atoms in total. The van der Waals surface area contributed by atoms with Gasteiger partial charge in [0.1, 0.15) is 78.5 Å². The molecule has 22 N–H and O–H groups in total. The summed E-state index contributed by atoms with van der Waals surface area (Å²) in [6.07, 6.45) is 5.98. The zero-order valence-electron chi connectivity index (χ0n) is 79.3. The lowest BCUT2D eigenvalue weighted by Gasteiger charge is -2.36. The van der Waals surface area contributed by atoms with Crippen LogP contribution in [0.4, 0.5) is 0 Å². The number of amides is 17. The number of unbranched alkanes of at least 4 members (excludes halogenated alkanes) is 2. The highest BCUT2D eigenvalue weighted by atomic mass is 32.2. The van der Waals surface area contributed by atoms with Gasteiger partial charge in [0, 0.05) is 119 Å². The minimum atomic E-state index is -1.85. The van der Waals surface area contributed by atoms with Crippen molar-refractivity contribution in [2.24, 2.45) is 23.1 Å². The number of aliphatic hydroxyl groups excluding tert-OH is 1. The average Bonchev–Trinajstić information content (AvgIpc) is 1.35. The highest BCUT2D eigenvalue weighted by Crippen LogP contribution is 2.28. The van der Waals surface area contributed by atoms with Crippen molar-refractivity contribution in [3.8, 4) is 0 Å². The topological polar surface area (TPSA) is 621 Å². The number of hydrogen-bond donors (Lipinski definition) is 19. The molecule has 740 valence electrons. The van der Waals surface area contributed by atoms with Crippen molar-refractivity contribution in [2.45, 2.75) is 242 Å². The van der Waals surface area contributed by atoms with Crippen molar-refractivity contribution in [1.29, 1.82) is 5.41 Å². The molecule has 8 rings (SSSR count). The molecule has 2 saturated heterocycles. The van der Waals surface area contributed by atoms with Gasteiger partial charge in [-0.3, -0.25) is 86.9 Å². The van der Waals surface area contributed by atoms with Crippen molar-refractivity contribution < 1.29 is 86.6 Å². The molecule has 0 unspecified atom stereocenters. The van der Waals surface area contributed by atoms with Crippen LogP contribution in [0, 0.1) is 11.3 Å². The predicted octanol–water partition coefficient (Wildman–Crippen LogP) is -0.840. The largest absolute Gasteiger partial charge is 0.394 e. The number of rotatable bonds is 26. The van der Waals surface area contributed by atoms with Crippen molar-refractivity contribution in [2.75, 3.05) is 72.5 Å². The third-order valence-corrected chi connectivity index (χ3v) is 25.2. The Labute approximate surface area is 794 Å². The minimum Gasteiger partial charge on any atom is -0.394 e. The van der Waals surface area contributed by atoms with E-state index in [-0.39, 0.29) is 95.1 Å². The number of benzene rings is 3. The lowest BCUT2D eigenvalue weighted by Crippen LogP contribution is -2.61. The molecule has 136 heavy (non-hydrogen) atoms. The first-order valence-electron chi connectivity index (χ1n) is 45.9. The molecule has 0 aliphatic carbocycles. The number of aliphatic hydroxyl groups is 1. The van der Waals surface area contributed by atoms with E-state index in [1.807, 2.05) is 46.8 Å². The molecule has 3 aromatic carbocycles. The molecule has 6 aromatic rings. The first kappa shape index (κ1) is 108. The van der Waals surface area contributed by atoms with E-state index in [1.54, 1.807) is 86.9 Å². The number of likely N-dealkylation sites (N-methyl/N-ethyl adjacent to an activating group) is 4. The van der Waals surface area contributed by atoms with Gasteiger partial charge in [-0.25, -0.2) is 4.98 Å². The Morgan fingerprint density at radius 3 is 1.67 bits per heavy atom. The smallest absolute Gasteiger partial charge is 0.246 e. The van der Waals surface area contributed by atoms with Crippen LogP contribution in [0.3, 0.4) is 0 Å². The third kappa shape index (κ3) is 31.0. The quantitative estimate of drug-likeness (QED) is 0.0179. The maximum atomic E-state index is 15.7. The Hall–Kier alpha value is -13.5. The number of imidazole rings is 1. The van der Waals surface area contributed by atoms with Gasteiger partial charge < -0.3 is 120 Å². The molecule has 2 fully saturated rings. The number of fused-ring (bicyclic) bond motifs is 3. The van der Waals surface area contributed by atoms with Gasteiger partial charge in [-0.1, -0.05) is 135 Å². The number of H-pyrrole nitrogens is 3. The van der Waals surface area contributed by atoms with E-state index < -0.39 is 223 Å². The predicted molar refractivity (Wildman–Crippen MR) is 508 cm³/mol. The standard InChI is InChI=1S/C93H134N24O18S/c1-13-15-28-72-85(129)106-63(27-21-35-99-92(96)97)81(125)112-71(80(124)102-46-76(95)120)49-136-50-78(122)105-67(38-54-31-33-57(34-32-54)93(6,7)8)88(132)114(10)53(5)79(123)108-69(42-75(94)119)90(134)117-36-22-30-73(117)86(130)107-65(41-58-45-98-51-103-58)83(127)109-66(37-52(3)4)87(131)113(9)47-77(121)104-64(39-55-43-100-61-25-19-17-23-59(55)61)82(126)111-70(48-118)84(128)110-68(40-56-44-101-62-26-20-18-24-60(56)62)89(133)116(12)74(29-16-14-2)91(135)115(72)11/h17-20,23-26,31-34,43-45,51-53,63-74,100-101,118H,13-16,21-22,27-30,35-42,46-50H2,1-12H3,(H2,94,119)(H2,95,120)(H,98,103)(H,102,124)(H,104,121)(H,105,122)(H,106,129)(H,107,130)(H,108,123)(H,109,127)(H,110,128)(H,111,126)(H,112,125)(H4,96,97,99)/t53-,63-,64-,65-,66-,67-,68-,69-,70-,71-,72-,73-,74-/m0/s1. The van der Waals surface area contributed by atoms with Crippen LogP contribution in [0.15, 0.2) is 97.7 Å². The lowest BCUT2D eigenvalue weighted by molar-refractivity contribution is -0.149. The summed E-state index contributed by atoms with van der Waals surface area (Å²) in [4.78, 5) is 268. The molecule has 2 aliphatic heterocycles. The van der Waals surface area contributed by atoms with Crippen molar-refractivity contribution >= 4 is 140 Å². The van der Waals surface area contributed by atoms with Gasteiger partial charge in [-0.05, 0) is 97.6 Å². The van der Waals surface area contributed by atoms with Crippen LogP contribution < -0.4 is 75.7 Å². The van der Waals surface area contributed by atoms with E-state index in [1.165, 1.54) is 47.6 Å². The number of carbonyl (C=O) groups is 17. The van der Waals surface area contributed by atoms with Crippen LogP contribution in [-0.4, -0.2) is 307 Å². The number of nitrogens with two attached hydrogens (primary N) is 3. The number of primary amides is 2. The fourth-order valence-corrected chi connectivity index (χ4v) is 17.2. The fourth-order valence-electron chi connectivity index (χ4n) is 16.3. The molecule has 0 bridgehead atoms. The summed E-state index contributed by atoms with van der Waals surface area (Å²) in [5.74, 6) is -17.1. The van der Waals surface area contributed by atoms with Crippen LogP contribution in [0.25, 0.3) is 21.8 Å². The normalized spacial score (nSPS) is 23.3. The number of thioether (sulfide) groups is 1. The molecule has 2 aliphatic rings. The van der Waals surface area contributed by atoms with E-state index in [0.717, 1.165) is 41.8 Å². The summed E-state index contributed by atoms with van der Waals surface area (Å²) in [5.41, 5.74) is 20.7. The van der Waals surface area contributed by atoms with Crippen LogP contribution >= 0.6 is 11.8 Å². The van der Waals surface area contributed by atoms with Crippen LogP contribution in [0.5, 0.6) is 0 Å². The first-order valence-corrected chi connectivity index (χ1v) is 47.0.